The van der Waals surface area contributed by atoms with Gasteiger partial charge in [0.1, 0.15) is 5.54 Å². The van der Waals surface area contributed by atoms with E-state index in [1.54, 1.807) is 0 Å². The molecule has 1 rings (SSSR count). The number of benzene rings is 1. The Morgan fingerprint density at radius 1 is 1.36 bits per heavy atom. The second-order valence-corrected chi connectivity index (χ2v) is 4.05. The number of hydrogen-bond donors (Lipinski definition) is 1. The van der Waals surface area contributed by atoms with Crippen molar-refractivity contribution >= 4 is 23.2 Å². The summed E-state index contributed by atoms with van der Waals surface area (Å²) in [6.07, 6.45) is -2.68. The zero-order valence-electron chi connectivity index (χ0n) is 7.40. The lowest BCUT2D eigenvalue weighted by atomic mass is 9.94. The first kappa shape index (κ1) is 11.7. The Balaban J connectivity index is 3.19. The van der Waals surface area contributed by atoms with Crippen molar-refractivity contribution < 1.29 is 8.78 Å². The summed E-state index contributed by atoms with van der Waals surface area (Å²) in [5, 5.41) is 0.548. The fraction of sp³-hybridized carbons (Fsp3) is 0.333. The van der Waals surface area contributed by atoms with Crippen molar-refractivity contribution in [3.63, 3.8) is 0 Å². The van der Waals surface area contributed by atoms with Crippen molar-refractivity contribution in [2.24, 2.45) is 5.73 Å². The maximum atomic E-state index is 12.6. The Morgan fingerprint density at radius 3 is 2.36 bits per heavy atom. The molecule has 1 aromatic rings. The summed E-state index contributed by atoms with van der Waals surface area (Å²) in [5.74, 6) is 0. The molecule has 1 unspecified atom stereocenters. The minimum Gasteiger partial charge on any atom is -0.317 e. The zero-order valence-corrected chi connectivity index (χ0v) is 8.91. The van der Waals surface area contributed by atoms with E-state index in [-0.39, 0.29) is 10.6 Å². The predicted octanol–water partition coefficient (Wildman–Crippen LogP) is 3.43. The lowest BCUT2D eigenvalue weighted by molar-refractivity contribution is 0.0626. The van der Waals surface area contributed by atoms with E-state index < -0.39 is 12.0 Å². The average Bonchev–Trinajstić information content (AvgIpc) is 2.02. The maximum Gasteiger partial charge on any atom is 0.260 e. The van der Waals surface area contributed by atoms with Crippen LogP contribution in [0.5, 0.6) is 0 Å². The Morgan fingerprint density at radius 2 is 1.93 bits per heavy atom. The highest BCUT2D eigenvalue weighted by Gasteiger charge is 2.34. The van der Waals surface area contributed by atoms with Crippen LogP contribution < -0.4 is 5.73 Å². The zero-order chi connectivity index (χ0) is 10.9. The summed E-state index contributed by atoms with van der Waals surface area (Å²) in [7, 11) is 0. The molecule has 2 N–H and O–H groups in total. The predicted molar refractivity (Wildman–Crippen MR) is 54.0 cm³/mol. The van der Waals surface area contributed by atoms with E-state index in [1.165, 1.54) is 25.1 Å². The molecule has 1 aromatic carbocycles. The van der Waals surface area contributed by atoms with Gasteiger partial charge in [0.15, 0.2) is 0 Å². The Kier molecular flexibility index (Phi) is 3.35. The summed E-state index contributed by atoms with van der Waals surface area (Å²) >= 11 is 11.4. The Labute approximate surface area is 90.8 Å². The van der Waals surface area contributed by atoms with E-state index in [2.05, 4.69) is 0 Å². The lowest BCUT2D eigenvalue weighted by Gasteiger charge is -2.25. The van der Waals surface area contributed by atoms with Crippen LogP contribution >= 0.6 is 23.2 Å². The number of nitrogens with two attached hydrogens (primary N) is 1. The molecule has 0 aliphatic heterocycles. The molecule has 0 spiro atoms. The van der Waals surface area contributed by atoms with Gasteiger partial charge in [-0.25, -0.2) is 8.78 Å². The molecule has 0 aliphatic rings. The van der Waals surface area contributed by atoms with Crippen molar-refractivity contribution in [3.8, 4) is 0 Å². The van der Waals surface area contributed by atoms with Gasteiger partial charge in [-0.2, -0.15) is 0 Å². The van der Waals surface area contributed by atoms with Crippen LogP contribution in [0.25, 0.3) is 0 Å². The summed E-state index contributed by atoms with van der Waals surface area (Å²) < 4.78 is 25.1. The second kappa shape index (κ2) is 4.01. The third-order valence-electron chi connectivity index (χ3n) is 1.96. The smallest absolute Gasteiger partial charge is 0.260 e. The minimum atomic E-state index is -2.68. The minimum absolute atomic E-state index is 0.155. The van der Waals surface area contributed by atoms with E-state index in [9.17, 15) is 8.78 Å². The molecule has 1 nitrogen and oxygen atoms in total. The fourth-order valence-corrected chi connectivity index (χ4v) is 1.66. The number of halogens is 4. The maximum absolute atomic E-state index is 12.6. The first-order chi connectivity index (χ1) is 6.35. The standard InChI is InChI=1S/C9H9Cl2F2N/c1-9(14,8(12)13)6-3-2-5(10)4-7(6)11/h2-4,8H,14H2,1H3. The molecular weight excluding hydrogens is 231 g/mol. The quantitative estimate of drug-likeness (QED) is 0.841. The number of rotatable bonds is 2. The van der Waals surface area contributed by atoms with Gasteiger partial charge < -0.3 is 5.73 Å². The van der Waals surface area contributed by atoms with Crippen molar-refractivity contribution in [1.29, 1.82) is 0 Å². The van der Waals surface area contributed by atoms with Crippen LogP contribution in [0, 0.1) is 0 Å². The normalized spacial score (nSPS) is 15.6. The van der Waals surface area contributed by atoms with Gasteiger partial charge >= 0.3 is 0 Å². The molecule has 0 aliphatic carbocycles. The molecule has 78 valence electrons. The van der Waals surface area contributed by atoms with Gasteiger partial charge in [0.25, 0.3) is 6.43 Å². The lowest BCUT2D eigenvalue weighted by Crippen LogP contribution is -2.40. The van der Waals surface area contributed by atoms with Gasteiger partial charge in [0, 0.05) is 10.0 Å². The molecule has 0 saturated heterocycles. The Bertz CT molecular complexity index is 340. The van der Waals surface area contributed by atoms with Crippen molar-refractivity contribution in [3.05, 3.63) is 33.8 Å². The first-order valence-electron chi connectivity index (χ1n) is 3.88. The van der Waals surface area contributed by atoms with E-state index in [0.717, 1.165) is 0 Å². The first-order valence-corrected chi connectivity index (χ1v) is 4.64. The van der Waals surface area contributed by atoms with E-state index >= 15 is 0 Å². The van der Waals surface area contributed by atoms with E-state index in [1.807, 2.05) is 0 Å². The number of hydrogen-bond acceptors (Lipinski definition) is 1. The van der Waals surface area contributed by atoms with Crippen molar-refractivity contribution in [2.45, 2.75) is 18.9 Å². The number of alkyl halides is 2. The summed E-state index contributed by atoms with van der Waals surface area (Å²) in [6.45, 7) is 1.23. The van der Waals surface area contributed by atoms with Crippen LogP contribution in [-0.4, -0.2) is 6.43 Å². The monoisotopic (exact) mass is 239 g/mol. The summed E-state index contributed by atoms with van der Waals surface area (Å²) in [4.78, 5) is 0. The highest BCUT2D eigenvalue weighted by Crippen LogP contribution is 2.32. The van der Waals surface area contributed by atoms with Crippen molar-refractivity contribution in [2.75, 3.05) is 0 Å². The van der Waals surface area contributed by atoms with Gasteiger partial charge in [-0.1, -0.05) is 29.3 Å². The second-order valence-electron chi connectivity index (χ2n) is 3.21. The fourth-order valence-electron chi connectivity index (χ4n) is 1.04. The molecule has 1 atom stereocenters. The SMILES string of the molecule is CC(N)(c1ccc(Cl)cc1Cl)C(F)F. The highest BCUT2D eigenvalue weighted by atomic mass is 35.5. The largest absolute Gasteiger partial charge is 0.317 e. The molecule has 0 saturated carbocycles. The topological polar surface area (TPSA) is 26.0 Å². The molecule has 0 fully saturated rings. The molecule has 0 amide bonds. The highest BCUT2D eigenvalue weighted by molar-refractivity contribution is 6.35. The molecule has 0 heterocycles. The van der Waals surface area contributed by atoms with Gasteiger partial charge in [-0.05, 0) is 24.6 Å². The van der Waals surface area contributed by atoms with E-state index in [0.29, 0.717) is 5.02 Å². The molecule has 14 heavy (non-hydrogen) atoms. The van der Waals surface area contributed by atoms with Gasteiger partial charge in [0.05, 0.1) is 0 Å². The van der Waals surface area contributed by atoms with Gasteiger partial charge in [-0.3, -0.25) is 0 Å². The third-order valence-corrected chi connectivity index (χ3v) is 2.51. The van der Waals surface area contributed by atoms with Crippen LogP contribution in [0.1, 0.15) is 12.5 Å². The molecule has 0 bridgehead atoms. The van der Waals surface area contributed by atoms with Crippen molar-refractivity contribution in [1.82, 2.24) is 0 Å². The van der Waals surface area contributed by atoms with Crippen LogP contribution in [0.2, 0.25) is 10.0 Å². The molecule has 0 aromatic heterocycles. The van der Waals surface area contributed by atoms with Crippen LogP contribution in [0.4, 0.5) is 8.78 Å². The summed E-state index contributed by atoms with van der Waals surface area (Å²) in [6, 6.07) is 4.29. The third kappa shape index (κ3) is 2.16. The van der Waals surface area contributed by atoms with Gasteiger partial charge in [0.2, 0.25) is 0 Å². The van der Waals surface area contributed by atoms with Gasteiger partial charge in [-0.15, -0.1) is 0 Å². The Hall–Kier alpha value is -0.380. The van der Waals surface area contributed by atoms with Crippen LogP contribution in [0.15, 0.2) is 18.2 Å². The molecular formula is C9H9Cl2F2N. The van der Waals surface area contributed by atoms with E-state index in [4.69, 9.17) is 28.9 Å². The van der Waals surface area contributed by atoms with Crippen LogP contribution in [0.3, 0.4) is 0 Å². The summed E-state index contributed by atoms with van der Waals surface area (Å²) in [5.41, 5.74) is 3.90. The molecule has 0 radical (unpaired) electrons. The average molecular weight is 240 g/mol. The molecule has 5 heteroatoms. The van der Waals surface area contributed by atoms with Crippen LogP contribution in [-0.2, 0) is 5.54 Å².